The first kappa shape index (κ1) is 12.8. The van der Waals surface area contributed by atoms with E-state index in [1.54, 1.807) is 18.3 Å². The Morgan fingerprint density at radius 1 is 1.59 bits per heavy atom. The van der Waals surface area contributed by atoms with Crippen LogP contribution >= 0.6 is 11.6 Å². The van der Waals surface area contributed by atoms with Crippen LogP contribution in [0.2, 0.25) is 0 Å². The average Bonchev–Trinajstić information content (AvgIpc) is 2.72. The van der Waals surface area contributed by atoms with Gasteiger partial charge < -0.3 is 0 Å². The Morgan fingerprint density at radius 2 is 2.35 bits per heavy atom. The molecule has 1 fully saturated rings. The zero-order chi connectivity index (χ0) is 12.5. The third-order valence-corrected chi connectivity index (χ3v) is 5.45. The Balaban J connectivity index is 2.34. The number of nitrogens with zero attached hydrogens (tertiary/aromatic N) is 2. The first-order valence-corrected chi connectivity index (χ1v) is 7.52. The van der Waals surface area contributed by atoms with Gasteiger partial charge in [0.25, 0.3) is 0 Å². The van der Waals surface area contributed by atoms with Crippen LogP contribution in [0.4, 0.5) is 0 Å². The minimum Gasteiger partial charge on any atom is -0.263 e. The Bertz CT molecular complexity index is 478. The number of hydrogen-bond acceptors (Lipinski definition) is 3. The molecule has 0 amide bonds. The fourth-order valence-corrected chi connectivity index (χ4v) is 4.39. The maximum atomic E-state index is 12.4. The van der Waals surface area contributed by atoms with Crippen LogP contribution in [0, 0.1) is 5.92 Å². The highest BCUT2D eigenvalue weighted by Crippen LogP contribution is 2.30. The fraction of sp³-hybridized carbons (Fsp3) is 0.545. The van der Waals surface area contributed by atoms with Crippen molar-refractivity contribution in [1.29, 1.82) is 0 Å². The van der Waals surface area contributed by atoms with Crippen LogP contribution in [0.15, 0.2) is 29.4 Å². The van der Waals surface area contributed by atoms with Gasteiger partial charge in [0.1, 0.15) is 4.90 Å². The van der Waals surface area contributed by atoms with Gasteiger partial charge in [-0.1, -0.05) is 6.92 Å². The Morgan fingerprint density at radius 3 is 2.94 bits per heavy atom. The van der Waals surface area contributed by atoms with E-state index in [1.165, 1.54) is 10.5 Å². The number of aromatic nitrogens is 1. The van der Waals surface area contributed by atoms with E-state index in [4.69, 9.17) is 11.6 Å². The van der Waals surface area contributed by atoms with Crippen LogP contribution < -0.4 is 0 Å². The summed E-state index contributed by atoms with van der Waals surface area (Å²) in [6.07, 6.45) is 3.80. The summed E-state index contributed by atoms with van der Waals surface area (Å²) in [5, 5.41) is 0. The highest BCUT2D eigenvalue weighted by molar-refractivity contribution is 7.89. The Kier molecular flexibility index (Phi) is 3.70. The summed E-state index contributed by atoms with van der Waals surface area (Å²) in [6, 6.07) is 3.08. The van der Waals surface area contributed by atoms with E-state index in [0.29, 0.717) is 18.3 Å². The molecule has 1 aromatic rings. The summed E-state index contributed by atoms with van der Waals surface area (Å²) in [6.45, 7) is 2.57. The van der Waals surface area contributed by atoms with Crippen molar-refractivity contribution in [3.8, 4) is 0 Å². The van der Waals surface area contributed by atoms with Crippen LogP contribution in [-0.4, -0.2) is 36.2 Å². The van der Waals surface area contributed by atoms with Gasteiger partial charge in [0.15, 0.2) is 0 Å². The Hall–Kier alpha value is -0.650. The minimum atomic E-state index is -3.45. The van der Waals surface area contributed by atoms with E-state index >= 15 is 0 Å². The molecule has 0 radical (unpaired) electrons. The summed E-state index contributed by atoms with van der Waals surface area (Å²) in [5.41, 5.74) is 0. The van der Waals surface area contributed by atoms with Gasteiger partial charge in [0, 0.05) is 30.9 Å². The van der Waals surface area contributed by atoms with Crippen LogP contribution in [0.5, 0.6) is 0 Å². The van der Waals surface area contributed by atoms with Crippen molar-refractivity contribution in [3.63, 3.8) is 0 Å². The highest BCUT2D eigenvalue weighted by atomic mass is 35.5. The van der Waals surface area contributed by atoms with Crippen LogP contribution in [0.3, 0.4) is 0 Å². The van der Waals surface area contributed by atoms with E-state index < -0.39 is 10.0 Å². The molecule has 94 valence electrons. The molecule has 0 N–H and O–H groups in total. The highest BCUT2D eigenvalue weighted by Gasteiger charge is 2.38. The molecule has 0 spiro atoms. The Labute approximate surface area is 107 Å². The van der Waals surface area contributed by atoms with E-state index in [-0.39, 0.29) is 10.9 Å². The standard InChI is InChI=1S/C11H15ClN2O2S/c1-9-4-6-14(11(9)7-12)17(15,16)10-3-2-5-13-8-10/h2-3,5,8-9,11H,4,6-7H2,1H3. The molecule has 1 saturated heterocycles. The van der Waals surface area contributed by atoms with Gasteiger partial charge in [-0.25, -0.2) is 8.42 Å². The third-order valence-electron chi connectivity index (χ3n) is 3.23. The van der Waals surface area contributed by atoms with Crippen molar-refractivity contribution < 1.29 is 8.42 Å². The van der Waals surface area contributed by atoms with E-state index in [2.05, 4.69) is 4.98 Å². The van der Waals surface area contributed by atoms with Gasteiger partial charge in [0.2, 0.25) is 10.0 Å². The molecular formula is C11H15ClN2O2S. The smallest absolute Gasteiger partial charge is 0.244 e. The van der Waals surface area contributed by atoms with Crippen LogP contribution in [0.25, 0.3) is 0 Å². The van der Waals surface area contributed by atoms with Gasteiger partial charge in [-0.2, -0.15) is 4.31 Å². The molecule has 1 aliphatic rings. The maximum absolute atomic E-state index is 12.4. The summed E-state index contributed by atoms with van der Waals surface area (Å²) < 4.78 is 26.3. The molecule has 2 rings (SSSR count). The SMILES string of the molecule is CC1CCN(S(=O)(=O)c2cccnc2)C1CCl. The largest absolute Gasteiger partial charge is 0.263 e. The molecule has 1 aromatic heterocycles. The molecule has 2 unspecified atom stereocenters. The lowest BCUT2D eigenvalue weighted by atomic mass is 10.1. The van der Waals surface area contributed by atoms with Crippen molar-refractivity contribution >= 4 is 21.6 Å². The topological polar surface area (TPSA) is 50.3 Å². The van der Waals surface area contributed by atoms with E-state index in [1.807, 2.05) is 6.92 Å². The van der Waals surface area contributed by atoms with Crippen molar-refractivity contribution in [2.75, 3.05) is 12.4 Å². The summed E-state index contributed by atoms with van der Waals surface area (Å²) in [5.74, 6) is 0.639. The number of pyridine rings is 1. The van der Waals surface area contributed by atoms with Gasteiger partial charge in [-0.05, 0) is 24.5 Å². The molecule has 17 heavy (non-hydrogen) atoms. The zero-order valence-corrected chi connectivity index (χ0v) is 11.2. The van der Waals surface area contributed by atoms with E-state index in [9.17, 15) is 8.42 Å². The molecule has 2 heterocycles. The van der Waals surface area contributed by atoms with Crippen molar-refractivity contribution in [2.45, 2.75) is 24.3 Å². The molecule has 0 bridgehead atoms. The van der Waals surface area contributed by atoms with Gasteiger partial charge in [-0.3, -0.25) is 4.98 Å². The van der Waals surface area contributed by atoms with E-state index in [0.717, 1.165) is 6.42 Å². The van der Waals surface area contributed by atoms with Gasteiger partial charge in [0.05, 0.1) is 0 Å². The lowest BCUT2D eigenvalue weighted by Gasteiger charge is -2.24. The monoisotopic (exact) mass is 274 g/mol. The number of hydrogen-bond donors (Lipinski definition) is 0. The maximum Gasteiger partial charge on any atom is 0.244 e. The lowest BCUT2D eigenvalue weighted by molar-refractivity contribution is 0.375. The van der Waals surface area contributed by atoms with Crippen LogP contribution in [-0.2, 0) is 10.0 Å². The molecule has 6 heteroatoms. The lowest BCUT2D eigenvalue weighted by Crippen LogP contribution is -2.38. The predicted molar refractivity (Wildman–Crippen MR) is 66.4 cm³/mol. The second-order valence-corrected chi connectivity index (χ2v) is 6.49. The molecule has 0 aromatic carbocycles. The van der Waals surface area contributed by atoms with Crippen molar-refractivity contribution in [2.24, 2.45) is 5.92 Å². The average molecular weight is 275 g/mol. The molecule has 0 aliphatic carbocycles. The molecule has 4 nitrogen and oxygen atoms in total. The summed E-state index contributed by atoms with van der Waals surface area (Å²) in [4.78, 5) is 4.09. The first-order chi connectivity index (χ1) is 8.07. The second-order valence-electron chi connectivity index (χ2n) is 4.29. The minimum absolute atomic E-state index is 0.109. The summed E-state index contributed by atoms with van der Waals surface area (Å²) >= 11 is 5.87. The molecule has 0 saturated carbocycles. The molecular weight excluding hydrogens is 260 g/mol. The second kappa shape index (κ2) is 4.92. The van der Waals surface area contributed by atoms with Crippen molar-refractivity contribution in [1.82, 2.24) is 9.29 Å². The van der Waals surface area contributed by atoms with Gasteiger partial charge in [-0.15, -0.1) is 11.6 Å². The number of halogens is 1. The number of sulfonamides is 1. The normalized spacial score (nSPS) is 26.2. The quantitative estimate of drug-likeness (QED) is 0.789. The summed E-state index contributed by atoms with van der Waals surface area (Å²) in [7, 11) is -3.45. The zero-order valence-electron chi connectivity index (χ0n) is 9.58. The van der Waals surface area contributed by atoms with Crippen LogP contribution in [0.1, 0.15) is 13.3 Å². The van der Waals surface area contributed by atoms with Crippen molar-refractivity contribution in [3.05, 3.63) is 24.5 Å². The molecule has 2 atom stereocenters. The third kappa shape index (κ3) is 2.32. The predicted octanol–water partition coefficient (Wildman–Crippen LogP) is 1.72. The molecule has 1 aliphatic heterocycles. The fourth-order valence-electron chi connectivity index (χ4n) is 2.14. The number of rotatable bonds is 3. The van der Waals surface area contributed by atoms with Gasteiger partial charge >= 0.3 is 0 Å². The first-order valence-electron chi connectivity index (χ1n) is 5.55. The number of alkyl halides is 1.